The molecule has 4 amide bonds. The van der Waals surface area contributed by atoms with Gasteiger partial charge >= 0.3 is 53.9 Å². The van der Waals surface area contributed by atoms with Crippen molar-refractivity contribution in [2.45, 2.75) is 72.4 Å². The lowest BCUT2D eigenvalue weighted by Crippen LogP contribution is -2.74. The third-order valence-electron chi connectivity index (χ3n) is 7.81. The summed E-state index contributed by atoms with van der Waals surface area (Å²) in [6, 6.07) is -5.27. The Kier molecular flexibility index (Phi) is 7.79. The molecule has 1 aromatic rings. The van der Waals surface area contributed by atoms with Crippen LogP contribution in [0.25, 0.3) is 0 Å². The SMILES string of the molecule is N#Cc1ccc(N2C(=O)[C@H]3C4CC(CN4C(=O)C(F)(F)C(F)(F)C(F)(F)C(F)(F)C(F)(F)C(F)(F)C(F)(F)F)N3C2=O)cc1C(F)(F)F. The monoisotopic (exact) mass is 732 g/mol. The number of benzene rings is 1. The number of urea groups is 1. The van der Waals surface area contributed by atoms with E-state index in [4.69, 9.17) is 5.26 Å². The minimum absolute atomic E-state index is 0.0292. The molecular weight excluding hydrogens is 722 g/mol. The van der Waals surface area contributed by atoms with Crippen molar-refractivity contribution in [3.63, 3.8) is 0 Å². The molecule has 3 aliphatic rings. The molecule has 1 aromatic carbocycles. The number of carbonyl (C=O) groups excluding carboxylic acids is 3. The lowest BCUT2D eigenvalue weighted by molar-refractivity contribution is -0.450. The van der Waals surface area contributed by atoms with Crippen molar-refractivity contribution in [1.82, 2.24) is 9.80 Å². The summed E-state index contributed by atoms with van der Waals surface area (Å²) >= 11 is 0. The van der Waals surface area contributed by atoms with E-state index in [0.717, 1.165) is 0 Å². The number of nitrogens with zero attached hydrogens (tertiary/aromatic N) is 4. The predicted molar refractivity (Wildman–Crippen MR) is 114 cm³/mol. The minimum atomic E-state index is -8.64. The smallest absolute Gasteiger partial charge is 0.330 e. The van der Waals surface area contributed by atoms with Gasteiger partial charge in [-0.05, 0) is 24.6 Å². The minimum Gasteiger partial charge on any atom is -0.330 e. The van der Waals surface area contributed by atoms with Gasteiger partial charge < -0.3 is 9.80 Å². The number of anilines is 1. The molecule has 3 fully saturated rings. The van der Waals surface area contributed by atoms with Gasteiger partial charge in [-0.25, -0.2) is 9.69 Å². The van der Waals surface area contributed by atoms with Gasteiger partial charge in [-0.2, -0.15) is 84.3 Å². The fourth-order valence-electron chi connectivity index (χ4n) is 5.41. The van der Waals surface area contributed by atoms with Crippen LogP contribution >= 0.6 is 0 Å². The Morgan fingerprint density at radius 2 is 1.25 bits per heavy atom. The standard InChI is InChI=1S/C23H10F18N4O3/c24-16(25,18(29,30)19(31,32)20(33,34)21(35,36)22(37,38)23(39,40)41)14(47)43-6-9-4-11(43)12-13(46)45(15(48)44(9)12)8-2-1-7(5-42)10(3-8)17(26,27)28/h1-3,9,11-12H,4,6H2/t9?,11?,12-/m1/s1. The number of nitriles is 1. The Morgan fingerprint density at radius 1 is 0.750 bits per heavy atom. The topological polar surface area (TPSA) is 84.7 Å². The average Bonchev–Trinajstić information content (AvgIpc) is 3.61. The third-order valence-corrected chi connectivity index (χ3v) is 7.81. The van der Waals surface area contributed by atoms with Gasteiger partial charge in [0, 0.05) is 6.54 Å². The predicted octanol–water partition coefficient (Wildman–Crippen LogP) is 6.07. The van der Waals surface area contributed by atoms with E-state index in [2.05, 4.69) is 0 Å². The number of alkyl halides is 18. The number of likely N-dealkylation sites (tertiary alicyclic amines) is 1. The van der Waals surface area contributed by atoms with E-state index in [0.29, 0.717) is 17.0 Å². The van der Waals surface area contributed by atoms with Crippen LogP contribution in [-0.2, 0) is 15.8 Å². The molecule has 7 nitrogen and oxygen atoms in total. The van der Waals surface area contributed by atoms with Gasteiger partial charge in [0.15, 0.2) is 0 Å². The number of rotatable bonds is 7. The number of piperazine rings is 1. The number of hydrogen-bond donors (Lipinski definition) is 0. The maximum absolute atomic E-state index is 14.7. The molecule has 0 spiro atoms. The van der Waals surface area contributed by atoms with Gasteiger partial charge in [0.05, 0.1) is 35.0 Å². The average molecular weight is 732 g/mol. The van der Waals surface area contributed by atoms with E-state index >= 15 is 0 Å². The van der Waals surface area contributed by atoms with Crippen molar-refractivity contribution in [2.24, 2.45) is 0 Å². The zero-order valence-electron chi connectivity index (χ0n) is 22.2. The summed E-state index contributed by atoms with van der Waals surface area (Å²) in [5.74, 6) is -54.7. The first-order valence-electron chi connectivity index (χ1n) is 12.3. The summed E-state index contributed by atoms with van der Waals surface area (Å²) in [5, 5.41) is 8.90. The lowest BCUT2D eigenvalue weighted by atomic mass is 9.90. The molecule has 2 unspecified atom stereocenters. The zero-order valence-corrected chi connectivity index (χ0v) is 22.2. The molecule has 25 heteroatoms. The molecule has 48 heavy (non-hydrogen) atoms. The van der Waals surface area contributed by atoms with Crippen LogP contribution in [-0.4, -0.2) is 94.0 Å². The van der Waals surface area contributed by atoms with Gasteiger partial charge in [-0.1, -0.05) is 0 Å². The summed E-state index contributed by atoms with van der Waals surface area (Å²) < 4.78 is 244. The quantitative estimate of drug-likeness (QED) is 0.252. The van der Waals surface area contributed by atoms with Crippen molar-refractivity contribution < 1.29 is 93.4 Å². The Hall–Kier alpha value is -4.14. The number of carbonyl (C=O) groups is 3. The molecule has 3 atom stereocenters. The second-order valence-corrected chi connectivity index (χ2v) is 10.5. The Morgan fingerprint density at radius 3 is 1.73 bits per heavy atom. The number of halogens is 18. The highest BCUT2D eigenvalue weighted by Crippen LogP contribution is 2.62. The first-order chi connectivity index (χ1) is 21.4. The van der Waals surface area contributed by atoms with Crippen LogP contribution in [0.15, 0.2) is 18.2 Å². The summed E-state index contributed by atoms with van der Waals surface area (Å²) in [5.41, 5.74) is -3.60. The Balaban J connectivity index is 1.67. The molecule has 266 valence electrons. The van der Waals surface area contributed by atoms with E-state index in [9.17, 15) is 93.4 Å². The molecule has 0 aromatic heterocycles. The molecule has 0 N–H and O–H groups in total. The lowest BCUT2D eigenvalue weighted by Gasteiger charge is -2.42. The highest BCUT2D eigenvalue weighted by Gasteiger charge is 2.94. The molecule has 0 aliphatic carbocycles. The highest BCUT2D eigenvalue weighted by atomic mass is 19.4. The normalized spacial score (nSPS) is 22.9. The van der Waals surface area contributed by atoms with Crippen LogP contribution in [0.4, 0.5) is 89.5 Å². The maximum Gasteiger partial charge on any atom is 0.460 e. The molecule has 4 rings (SSSR count). The maximum atomic E-state index is 14.7. The van der Waals surface area contributed by atoms with Gasteiger partial charge in [0.2, 0.25) is 0 Å². The summed E-state index contributed by atoms with van der Waals surface area (Å²) in [7, 11) is 0. The number of imide groups is 1. The molecule has 3 aliphatic heterocycles. The van der Waals surface area contributed by atoms with Gasteiger partial charge in [0.1, 0.15) is 6.04 Å². The first-order valence-corrected chi connectivity index (χ1v) is 12.3. The molecule has 0 radical (unpaired) electrons. The fraction of sp³-hybridized carbons (Fsp3) is 0.565. The van der Waals surface area contributed by atoms with Gasteiger partial charge in [-0.15, -0.1) is 0 Å². The van der Waals surface area contributed by atoms with Crippen LogP contribution in [0.5, 0.6) is 0 Å². The van der Waals surface area contributed by atoms with Crippen molar-refractivity contribution in [3.05, 3.63) is 29.3 Å². The Bertz CT molecular complexity index is 1600. The van der Waals surface area contributed by atoms with E-state index in [-0.39, 0.29) is 11.0 Å². The number of hydrogen-bond acceptors (Lipinski definition) is 4. The van der Waals surface area contributed by atoms with E-state index in [1.165, 1.54) is 6.07 Å². The number of fused-ring (bicyclic) bond motifs is 5. The van der Waals surface area contributed by atoms with Crippen molar-refractivity contribution in [2.75, 3.05) is 11.4 Å². The van der Waals surface area contributed by atoms with Crippen LogP contribution in [0, 0.1) is 11.3 Å². The second kappa shape index (κ2) is 10.2. The summed E-state index contributed by atoms with van der Waals surface area (Å²) in [6.07, 6.45) is -13.9. The summed E-state index contributed by atoms with van der Waals surface area (Å²) in [4.78, 5) is 38.3. The van der Waals surface area contributed by atoms with Crippen LogP contribution in [0.3, 0.4) is 0 Å². The Labute approximate surface area is 252 Å². The van der Waals surface area contributed by atoms with Gasteiger partial charge in [-0.3, -0.25) is 9.59 Å². The van der Waals surface area contributed by atoms with Crippen LogP contribution in [0.2, 0.25) is 0 Å². The third kappa shape index (κ3) is 4.48. The first kappa shape index (κ1) is 36.7. The van der Waals surface area contributed by atoms with Crippen LogP contribution in [0.1, 0.15) is 17.5 Å². The fourth-order valence-corrected chi connectivity index (χ4v) is 5.41. The van der Waals surface area contributed by atoms with E-state index in [1.807, 2.05) is 0 Å². The summed E-state index contributed by atoms with van der Waals surface area (Å²) in [6.45, 7) is -1.41. The largest absolute Gasteiger partial charge is 0.460 e. The molecule has 3 saturated heterocycles. The second-order valence-electron chi connectivity index (χ2n) is 10.5. The highest BCUT2D eigenvalue weighted by molar-refractivity contribution is 6.22. The molecule has 2 bridgehead atoms. The van der Waals surface area contributed by atoms with E-state index in [1.54, 1.807) is 0 Å². The van der Waals surface area contributed by atoms with Crippen molar-refractivity contribution >= 4 is 23.5 Å². The van der Waals surface area contributed by atoms with Gasteiger partial charge in [0.25, 0.3) is 11.8 Å². The number of amides is 4. The molecule has 0 saturated carbocycles. The van der Waals surface area contributed by atoms with Crippen molar-refractivity contribution in [3.8, 4) is 6.07 Å². The van der Waals surface area contributed by atoms with Crippen LogP contribution < -0.4 is 4.90 Å². The molecule has 3 heterocycles. The zero-order chi connectivity index (χ0) is 37.2. The van der Waals surface area contributed by atoms with Crippen molar-refractivity contribution in [1.29, 1.82) is 5.26 Å². The molecular formula is C23H10F18N4O3. The van der Waals surface area contributed by atoms with E-state index < -0.39 is 119 Å².